The number of benzene rings is 4. The lowest BCUT2D eigenvalue weighted by atomic mass is 9.94. The molecule has 14 nitrogen and oxygen atoms in total. The highest BCUT2D eigenvalue weighted by Crippen LogP contribution is 2.39. The molecule has 2 amide bonds. The molecule has 6 aromatic rings. The molecule has 2 heterocycles. The van der Waals surface area contributed by atoms with Gasteiger partial charge in [0.05, 0.1) is 31.4 Å². The lowest BCUT2D eigenvalue weighted by molar-refractivity contribution is 0.256. The second-order valence-electron chi connectivity index (χ2n) is 15.2. The normalized spacial score (nSPS) is 11.0. The first-order valence-corrected chi connectivity index (χ1v) is 23.8. The van der Waals surface area contributed by atoms with E-state index in [2.05, 4.69) is 15.3 Å². The summed E-state index contributed by atoms with van der Waals surface area (Å²) in [6.45, 7) is 7.53. The Hall–Kier alpha value is -6.94. The highest BCUT2D eigenvalue weighted by molar-refractivity contribution is 7.90. The first kappa shape index (κ1) is 51.7. The fourth-order valence-corrected chi connectivity index (χ4v) is 7.84. The molecule has 18 heteroatoms. The molecule has 0 atom stereocenters. The van der Waals surface area contributed by atoms with Crippen molar-refractivity contribution in [3.63, 3.8) is 0 Å². The summed E-state index contributed by atoms with van der Waals surface area (Å²) in [7, 11) is -4.25. The highest BCUT2D eigenvalue weighted by atomic mass is 32.2. The number of pyridine rings is 2. The number of sulfonamides is 2. The molecule has 4 aromatic carbocycles. The van der Waals surface area contributed by atoms with Crippen LogP contribution in [0.1, 0.15) is 61.8 Å². The minimum atomic E-state index is -3.89. The summed E-state index contributed by atoms with van der Waals surface area (Å²) in [5, 5.41) is 16.3. The van der Waals surface area contributed by atoms with Gasteiger partial charge in [-0.15, -0.1) is 5.26 Å². The number of carbonyl (C=O) groups is 1. The summed E-state index contributed by atoms with van der Waals surface area (Å²) in [6, 6.07) is 29.6. The molecule has 0 saturated heterocycles. The van der Waals surface area contributed by atoms with E-state index in [0.29, 0.717) is 63.0 Å². The van der Waals surface area contributed by atoms with Crippen molar-refractivity contribution in [1.82, 2.24) is 14.7 Å². The van der Waals surface area contributed by atoms with Gasteiger partial charge in [0.2, 0.25) is 31.8 Å². The smallest absolute Gasteiger partial charge is 0.332 e. The zero-order chi connectivity index (χ0) is 48.4. The maximum absolute atomic E-state index is 14.4. The number of methoxy groups -OCH3 is 2. The molecule has 6 rings (SSSR count). The number of primary sulfonamides is 1. The van der Waals surface area contributed by atoms with Crippen LogP contribution in [0.15, 0.2) is 122 Å². The number of nitrogens with zero attached hydrogens (tertiary/aromatic N) is 3. The molecule has 0 fully saturated rings. The second-order valence-corrected chi connectivity index (χ2v) is 18.8. The number of amides is 2. The van der Waals surface area contributed by atoms with Gasteiger partial charge in [-0.05, 0) is 88.9 Å². The Morgan fingerprint density at radius 2 is 1.17 bits per heavy atom. The summed E-state index contributed by atoms with van der Waals surface area (Å²) in [6.07, 6.45) is 5.48. The van der Waals surface area contributed by atoms with Gasteiger partial charge in [-0.25, -0.2) is 50.2 Å². The van der Waals surface area contributed by atoms with Crippen molar-refractivity contribution in [1.29, 1.82) is 5.26 Å². The van der Waals surface area contributed by atoms with E-state index in [-0.39, 0.29) is 35.6 Å². The number of nitrogens with one attached hydrogen (secondary N) is 2. The molecular weight excluding hydrogens is 891 g/mol. The first-order chi connectivity index (χ1) is 31.3. The molecule has 0 unspecified atom stereocenters. The van der Waals surface area contributed by atoms with Crippen LogP contribution in [0.4, 0.5) is 19.3 Å². The van der Waals surface area contributed by atoms with E-state index in [1.54, 1.807) is 36.7 Å². The molecule has 2 aromatic heterocycles. The van der Waals surface area contributed by atoms with E-state index < -0.39 is 31.9 Å². The molecule has 0 aliphatic rings. The maximum Gasteiger partial charge on any atom is 0.332 e. The third-order valence-corrected chi connectivity index (χ3v) is 11.6. The van der Waals surface area contributed by atoms with Gasteiger partial charge in [-0.1, -0.05) is 88.4 Å². The van der Waals surface area contributed by atoms with E-state index >= 15 is 0 Å². The van der Waals surface area contributed by atoms with Crippen molar-refractivity contribution in [3.05, 3.63) is 155 Å². The lowest BCUT2D eigenvalue weighted by Crippen LogP contribution is -2.36. The quantitative estimate of drug-likeness (QED) is 0.0826. The molecule has 0 radical (unpaired) electrons. The number of hydrogen-bond acceptors (Lipinski definition) is 11. The fourth-order valence-electron chi connectivity index (χ4n) is 6.38. The number of ether oxygens (including phenoxy) is 3. The molecule has 0 saturated carbocycles. The highest BCUT2D eigenvalue weighted by Gasteiger charge is 2.22. The van der Waals surface area contributed by atoms with Gasteiger partial charge in [0.1, 0.15) is 11.6 Å². The van der Waals surface area contributed by atoms with Crippen molar-refractivity contribution >= 4 is 31.8 Å². The van der Waals surface area contributed by atoms with E-state index in [9.17, 15) is 30.4 Å². The van der Waals surface area contributed by atoms with Crippen LogP contribution >= 0.6 is 0 Å². The van der Waals surface area contributed by atoms with Gasteiger partial charge < -0.3 is 19.5 Å². The lowest BCUT2D eigenvalue weighted by Gasteiger charge is -2.19. The SMILES string of the molecule is COc1cc(-c2cc(F)cc(C(C)C)c2NC(=O)NS(=O)(=O)CCc2ccccc2)ccn1.COc1cc(-c2cc(F)cc(C(C)C)c2OC#N)ccn1.NS(=O)(=O)CCc1ccccc1. The topological polar surface area (TPSA) is 213 Å². The number of rotatable bonds is 15. The zero-order valence-electron chi connectivity index (χ0n) is 37.3. The minimum absolute atomic E-state index is 0.0109. The zero-order valence-corrected chi connectivity index (χ0v) is 38.9. The predicted octanol–water partition coefficient (Wildman–Crippen LogP) is 9.11. The van der Waals surface area contributed by atoms with Crippen LogP contribution < -0.4 is 29.4 Å². The summed E-state index contributed by atoms with van der Waals surface area (Å²) in [5.74, 6) is -0.133. The average molecular weight is 943 g/mol. The molecule has 0 spiro atoms. The third kappa shape index (κ3) is 16.2. The molecule has 4 N–H and O–H groups in total. The van der Waals surface area contributed by atoms with Gasteiger partial charge in [0.15, 0.2) is 5.75 Å². The molecule has 348 valence electrons. The minimum Gasteiger partial charge on any atom is -0.481 e. The summed E-state index contributed by atoms with van der Waals surface area (Å²) in [5.41, 5.74) is 5.44. The maximum atomic E-state index is 14.4. The second kappa shape index (κ2) is 24.4. The average Bonchev–Trinajstić information content (AvgIpc) is 3.29. The van der Waals surface area contributed by atoms with Crippen LogP contribution in [-0.4, -0.2) is 58.6 Å². The number of urea groups is 1. The number of nitrogens with two attached hydrogens (primary N) is 1. The predicted molar refractivity (Wildman–Crippen MR) is 251 cm³/mol. The van der Waals surface area contributed by atoms with Crippen LogP contribution in [0.5, 0.6) is 17.5 Å². The van der Waals surface area contributed by atoms with Crippen molar-refractivity contribution in [2.24, 2.45) is 5.14 Å². The summed E-state index contributed by atoms with van der Waals surface area (Å²) < 4.78 is 91.8. The Bertz CT molecular complexity index is 2830. The largest absolute Gasteiger partial charge is 0.481 e. The number of aromatic nitrogens is 2. The van der Waals surface area contributed by atoms with Gasteiger partial charge in [-0.3, -0.25) is 0 Å². The Morgan fingerprint density at radius 3 is 1.64 bits per heavy atom. The van der Waals surface area contributed by atoms with Crippen LogP contribution in [0.2, 0.25) is 0 Å². The standard InChI is InChI=1S/C24H26FN3O4S.C16H15FN2O2.C8H11NO2S/c1-16(2)20-14-19(25)15-21(18-9-11-26-22(13-18)32-3)23(20)27-24(29)28-33(30,31)12-10-17-7-5-4-6-8-17;1-10(2)13-7-12(17)8-14(16(13)21-9-18)11-4-5-19-15(6-11)20-3;9-12(10,11)7-6-8-4-2-1-3-5-8/h4-9,11,13-16H,10,12H2,1-3H3,(H2,27,28,29);4-8,10H,1-3H3;1-5H,6-7H2,(H2,9,10,11). The van der Waals surface area contributed by atoms with E-state index in [1.165, 1.54) is 44.7 Å². The van der Waals surface area contributed by atoms with Crippen LogP contribution in [0.25, 0.3) is 22.3 Å². The number of nitriles is 1. The molecule has 66 heavy (non-hydrogen) atoms. The Kier molecular flexibility index (Phi) is 19.1. The van der Waals surface area contributed by atoms with Gasteiger partial charge >= 0.3 is 6.03 Å². The first-order valence-electron chi connectivity index (χ1n) is 20.5. The third-order valence-electron chi connectivity index (χ3n) is 9.62. The van der Waals surface area contributed by atoms with Crippen molar-refractivity contribution in [3.8, 4) is 46.0 Å². The van der Waals surface area contributed by atoms with E-state index in [0.717, 1.165) is 11.1 Å². The number of carbonyl (C=O) groups excluding carboxylic acids is 1. The monoisotopic (exact) mass is 942 g/mol. The number of halogens is 2. The van der Waals surface area contributed by atoms with Crippen molar-refractivity contribution < 1.29 is 44.6 Å². The van der Waals surface area contributed by atoms with Gasteiger partial charge in [0.25, 0.3) is 6.26 Å². The molecule has 0 aliphatic carbocycles. The van der Waals surface area contributed by atoms with Crippen LogP contribution in [-0.2, 0) is 32.9 Å². The molecular formula is C48H52F2N6O8S2. The number of anilines is 1. The summed E-state index contributed by atoms with van der Waals surface area (Å²) >= 11 is 0. The molecule has 0 aliphatic heterocycles. The van der Waals surface area contributed by atoms with Gasteiger partial charge in [-0.2, -0.15) is 0 Å². The van der Waals surface area contributed by atoms with E-state index in [4.69, 9.17) is 24.6 Å². The Labute approximate surface area is 384 Å². The van der Waals surface area contributed by atoms with Crippen LogP contribution in [0, 0.1) is 23.2 Å². The van der Waals surface area contributed by atoms with Crippen molar-refractivity contribution in [2.45, 2.75) is 52.4 Å². The number of hydrogen-bond donors (Lipinski definition) is 3. The number of aryl methyl sites for hydroxylation is 2. The van der Waals surface area contributed by atoms with Gasteiger partial charge in [0, 0.05) is 41.2 Å². The van der Waals surface area contributed by atoms with E-state index in [1.807, 2.05) is 93.1 Å². The Morgan fingerprint density at radius 1 is 0.697 bits per heavy atom. The molecule has 0 bridgehead atoms. The van der Waals surface area contributed by atoms with Crippen LogP contribution in [0.3, 0.4) is 0 Å². The van der Waals surface area contributed by atoms with Crippen molar-refractivity contribution in [2.75, 3.05) is 31.0 Å². The fraction of sp³-hybridized carbons (Fsp3) is 0.250. The summed E-state index contributed by atoms with van der Waals surface area (Å²) in [4.78, 5) is 20.7. The Balaban J connectivity index is 0.000000244.